The topological polar surface area (TPSA) is 119 Å². The summed E-state index contributed by atoms with van der Waals surface area (Å²) in [5.74, 6) is -0.667. The third kappa shape index (κ3) is 5.45. The fraction of sp³-hybridized carbons (Fsp3) is 0.333. The quantitative estimate of drug-likeness (QED) is 0.497. The molecule has 2 N–H and O–H groups in total. The molecule has 3 aromatic rings. The minimum atomic E-state index is -1.09. The van der Waals surface area contributed by atoms with Crippen LogP contribution in [0.1, 0.15) is 17.7 Å². The average Bonchev–Trinajstić information content (AvgIpc) is 3.15. The van der Waals surface area contributed by atoms with Gasteiger partial charge in [-0.3, -0.25) is 9.59 Å². The molecule has 0 bridgehead atoms. The van der Waals surface area contributed by atoms with Crippen molar-refractivity contribution in [2.75, 3.05) is 18.6 Å². The largest absolute Gasteiger partial charge is 0.484 e. The highest BCUT2D eigenvalue weighted by molar-refractivity contribution is 7.98. The number of fused-ring (bicyclic) bond motifs is 1. The van der Waals surface area contributed by atoms with E-state index in [1.54, 1.807) is 13.0 Å². The summed E-state index contributed by atoms with van der Waals surface area (Å²) in [7, 11) is 0. The van der Waals surface area contributed by atoms with Gasteiger partial charge in [0, 0.05) is 17.1 Å². The number of rotatable bonds is 9. The van der Waals surface area contributed by atoms with Crippen LogP contribution in [0.4, 0.5) is 0 Å². The van der Waals surface area contributed by atoms with E-state index in [-0.39, 0.29) is 12.0 Å². The average molecular weight is 463 g/mol. The molecule has 8 nitrogen and oxygen atoms in total. The number of carboxylic acid groups (broad SMARTS) is 1. The predicted molar refractivity (Wildman–Crippen MR) is 121 cm³/mol. The van der Waals surface area contributed by atoms with Crippen LogP contribution in [0.25, 0.3) is 21.5 Å². The number of ether oxygens (including phenoxy) is 1. The van der Waals surface area contributed by atoms with Gasteiger partial charge < -0.3 is 19.6 Å². The highest BCUT2D eigenvalue weighted by Gasteiger charge is 2.20. The second-order valence-corrected chi connectivity index (χ2v) is 8.76. The Morgan fingerprint density at radius 1 is 1.35 bits per heavy atom. The van der Waals surface area contributed by atoms with E-state index in [1.165, 1.54) is 35.4 Å². The Labute approximate surface area is 186 Å². The number of aromatic nitrogens is 1. The van der Waals surface area contributed by atoms with Gasteiger partial charge >= 0.3 is 5.97 Å². The van der Waals surface area contributed by atoms with Gasteiger partial charge in [-0.05, 0) is 43.9 Å². The zero-order valence-electron chi connectivity index (χ0n) is 17.3. The summed E-state index contributed by atoms with van der Waals surface area (Å²) in [6.45, 7) is 3.26. The molecule has 1 aromatic carbocycles. The maximum atomic E-state index is 13.0. The number of thiazole rings is 1. The third-order valence-corrected chi connectivity index (χ3v) is 6.15. The van der Waals surface area contributed by atoms with E-state index >= 15 is 0 Å². The second-order valence-electron chi connectivity index (χ2n) is 6.91. The van der Waals surface area contributed by atoms with Gasteiger partial charge in [0.15, 0.2) is 6.61 Å². The van der Waals surface area contributed by atoms with Crippen LogP contribution in [0, 0.1) is 13.8 Å². The Balaban J connectivity index is 1.76. The summed E-state index contributed by atoms with van der Waals surface area (Å²) >= 11 is 2.88. The molecule has 0 aliphatic heterocycles. The summed E-state index contributed by atoms with van der Waals surface area (Å²) in [6.07, 6.45) is 3.57. The Morgan fingerprint density at radius 2 is 2.13 bits per heavy atom. The Hall–Kier alpha value is -2.85. The van der Waals surface area contributed by atoms with Crippen molar-refractivity contribution >= 4 is 45.9 Å². The first-order chi connectivity index (χ1) is 14.8. The molecule has 0 saturated heterocycles. The number of nitrogens with one attached hydrogen (secondary N) is 1. The molecule has 0 aliphatic carbocycles. The predicted octanol–water partition coefficient (Wildman–Crippen LogP) is 3.23. The number of hydrogen-bond donors (Lipinski definition) is 2. The summed E-state index contributed by atoms with van der Waals surface area (Å²) in [5.41, 5.74) is 2.01. The molecular formula is C21H22N2O6S2. The van der Waals surface area contributed by atoms with E-state index in [9.17, 15) is 19.5 Å². The molecule has 3 rings (SSSR count). The second kappa shape index (κ2) is 9.97. The van der Waals surface area contributed by atoms with Crippen LogP contribution in [0.15, 0.2) is 33.0 Å². The smallest absolute Gasteiger partial charge is 0.326 e. The van der Waals surface area contributed by atoms with Crippen LogP contribution in [-0.2, 0) is 9.59 Å². The van der Waals surface area contributed by atoms with Crippen LogP contribution >= 0.6 is 23.1 Å². The van der Waals surface area contributed by atoms with Crippen molar-refractivity contribution < 1.29 is 23.8 Å². The molecule has 1 unspecified atom stereocenters. The summed E-state index contributed by atoms with van der Waals surface area (Å²) in [5, 5.41) is 14.5. The van der Waals surface area contributed by atoms with Gasteiger partial charge in [-0.1, -0.05) is 0 Å². The van der Waals surface area contributed by atoms with Crippen molar-refractivity contribution in [3.63, 3.8) is 0 Å². The molecular weight excluding hydrogens is 440 g/mol. The lowest BCUT2D eigenvalue weighted by Gasteiger charge is -2.14. The van der Waals surface area contributed by atoms with Crippen molar-refractivity contribution in [3.8, 4) is 16.3 Å². The molecule has 2 aromatic heterocycles. The van der Waals surface area contributed by atoms with Gasteiger partial charge in [-0.15, -0.1) is 11.3 Å². The monoisotopic (exact) mass is 462 g/mol. The normalized spacial score (nSPS) is 12.0. The number of carbonyl (C=O) groups excluding carboxylic acids is 1. The van der Waals surface area contributed by atoms with Crippen molar-refractivity contribution in [1.29, 1.82) is 0 Å². The molecule has 31 heavy (non-hydrogen) atoms. The number of nitrogens with zero attached hydrogens (tertiary/aromatic N) is 1. The molecule has 0 fully saturated rings. The van der Waals surface area contributed by atoms with Crippen molar-refractivity contribution in [2.24, 2.45) is 0 Å². The number of carbonyl (C=O) groups is 2. The maximum absolute atomic E-state index is 13.0. The molecule has 1 atom stereocenters. The molecule has 0 radical (unpaired) electrons. The lowest BCUT2D eigenvalue weighted by Crippen LogP contribution is -2.43. The first-order valence-corrected chi connectivity index (χ1v) is 11.7. The van der Waals surface area contributed by atoms with Crippen LogP contribution in [-0.4, -0.2) is 46.6 Å². The molecule has 2 heterocycles. The number of aliphatic carboxylic acids is 1. The zero-order chi connectivity index (χ0) is 22.5. The summed E-state index contributed by atoms with van der Waals surface area (Å²) in [6, 6.07) is 2.22. The fourth-order valence-electron chi connectivity index (χ4n) is 3.00. The van der Waals surface area contributed by atoms with Gasteiger partial charge in [0.2, 0.25) is 5.43 Å². The van der Waals surface area contributed by atoms with Gasteiger partial charge in [0.25, 0.3) is 5.91 Å². The number of amides is 1. The molecule has 0 spiro atoms. The molecule has 10 heteroatoms. The fourth-order valence-corrected chi connectivity index (χ4v) is 4.27. The highest BCUT2D eigenvalue weighted by atomic mass is 32.2. The molecule has 1 amide bonds. The minimum absolute atomic E-state index is 0.185. The maximum Gasteiger partial charge on any atom is 0.326 e. The van der Waals surface area contributed by atoms with E-state index in [0.29, 0.717) is 45.0 Å². The number of aryl methyl sites for hydroxylation is 2. The number of thioether (sulfide) groups is 1. The summed E-state index contributed by atoms with van der Waals surface area (Å²) < 4.78 is 11.2. The molecule has 0 saturated carbocycles. The zero-order valence-corrected chi connectivity index (χ0v) is 18.9. The van der Waals surface area contributed by atoms with E-state index < -0.39 is 17.9 Å². The highest BCUT2D eigenvalue weighted by Crippen LogP contribution is 2.27. The number of benzene rings is 1. The van der Waals surface area contributed by atoms with Crippen molar-refractivity contribution in [1.82, 2.24) is 10.3 Å². The van der Waals surface area contributed by atoms with Gasteiger partial charge in [0.05, 0.1) is 10.9 Å². The number of hydrogen-bond acceptors (Lipinski definition) is 8. The first kappa shape index (κ1) is 22.8. The molecule has 0 aliphatic rings. The van der Waals surface area contributed by atoms with Gasteiger partial charge in [0.1, 0.15) is 28.6 Å². The lowest BCUT2D eigenvalue weighted by molar-refractivity contribution is -0.142. The third-order valence-electron chi connectivity index (χ3n) is 4.51. The van der Waals surface area contributed by atoms with Crippen LogP contribution < -0.4 is 15.5 Å². The van der Waals surface area contributed by atoms with Crippen LogP contribution in [0.3, 0.4) is 0 Å². The Bertz CT molecular complexity index is 1170. The van der Waals surface area contributed by atoms with Gasteiger partial charge in [-0.25, -0.2) is 9.78 Å². The van der Waals surface area contributed by atoms with E-state index in [2.05, 4.69) is 10.3 Å². The Morgan fingerprint density at radius 3 is 2.77 bits per heavy atom. The van der Waals surface area contributed by atoms with E-state index in [4.69, 9.17) is 9.15 Å². The van der Waals surface area contributed by atoms with E-state index in [0.717, 1.165) is 5.69 Å². The van der Waals surface area contributed by atoms with Crippen LogP contribution in [0.5, 0.6) is 5.75 Å². The summed E-state index contributed by atoms with van der Waals surface area (Å²) in [4.78, 5) is 40.7. The number of carboxylic acids is 1. The van der Waals surface area contributed by atoms with Gasteiger partial charge in [-0.2, -0.15) is 11.8 Å². The minimum Gasteiger partial charge on any atom is -0.484 e. The standard InChI is InChI=1S/C21H22N2O6S2/c1-11-6-13(28-9-17(24)23-15(21(26)27)4-5-30-3)7-16-18(11)19(25)14(8-29-16)20-22-12(2)10-31-20/h6-8,10,15H,4-5,9H2,1-3H3,(H,23,24)(H,26,27). The molecule has 164 valence electrons. The van der Waals surface area contributed by atoms with Crippen molar-refractivity contribution in [3.05, 3.63) is 45.3 Å². The lowest BCUT2D eigenvalue weighted by atomic mass is 10.1. The van der Waals surface area contributed by atoms with Crippen molar-refractivity contribution in [2.45, 2.75) is 26.3 Å². The Kier molecular flexibility index (Phi) is 7.34. The first-order valence-electron chi connectivity index (χ1n) is 9.42. The SMILES string of the molecule is CSCCC(NC(=O)COc1cc(C)c2c(=O)c(-c3nc(C)cs3)coc2c1)C(=O)O. The van der Waals surface area contributed by atoms with E-state index in [1.807, 2.05) is 18.6 Å². The van der Waals surface area contributed by atoms with Crippen LogP contribution in [0.2, 0.25) is 0 Å².